The molecule has 1 aromatic heterocycles. The first-order chi connectivity index (χ1) is 16.2. The van der Waals surface area contributed by atoms with Crippen LogP contribution in [0.15, 0.2) is 54.7 Å². The summed E-state index contributed by atoms with van der Waals surface area (Å²) in [5.41, 5.74) is 4.41. The van der Waals surface area contributed by atoms with Gasteiger partial charge in [0.2, 0.25) is 11.8 Å². The van der Waals surface area contributed by atoms with Crippen LogP contribution in [0.2, 0.25) is 0 Å². The Morgan fingerprint density at radius 3 is 2.97 bits per heavy atom. The molecule has 4 heterocycles. The Balaban J connectivity index is 1.27. The number of benzene rings is 1. The average Bonchev–Trinajstić information content (AvgIpc) is 3.18. The van der Waals surface area contributed by atoms with Crippen LogP contribution in [-0.4, -0.2) is 63.8 Å². The van der Waals surface area contributed by atoms with Gasteiger partial charge in [-0.05, 0) is 41.7 Å². The van der Waals surface area contributed by atoms with Gasteiger partial charge in [-0.1, -0.05) is 36.4 Å². The van der Waals surface area contributed by atoms with E-state index in [-0.39, 0.29) is 17.9 Å². The minimum atomic E-state index is -0.101. The Bertz CT molecular complexity index is 1100. The standard InChI is InChI=1S/C26H28N4O2S/c31-24(29-11-4-7-21(10-12-29)20-5-2-1-3-6-20)9-8-19-15-22-17-30-13-14-33-18-23(30)26(32)28-25(22)27-16-19/h1-3,5-6,8-10,15-16,23H,4,7,11-14,17-18H2,(H,27,28,32). The van der Waals surface area contributed by atoms with Crippen LogP contribution in [0.1, 0.15) is 29.5 Å². The lowest BCUT2D eigenvalue weighted by atomic mass is 10.0. The number of hydrogen-bond acceptors (Lipinski definition) is 5. The molecule has 2 aromatic rings. The number of pyridine rings is 1. The van der Waals surface area contributed by atoms with Crippen molar-refractivity contribution in [2.45, 2.75) is 25.4 Å². The first kappa shape index (κ1) is 21.9. The number of thioether (sulfide) groups is 1. The molecule has 1 aromatic carbocycles. The zero-order chi connectivity index (χ0) is 22.6. The van der Waals surface area contributed by atoms with E-state index in [1.807, 2.05) is 34.9 Å². The number of aromatic nitrogens is 1. The second-order valence-corrected chi connectivity index (χ2v) is 9.79. The summed E-state index contributed by atoms with van der Waals surface area (Å²) in [5, 5.41) is 2.98. The molecule has 1 N–H and O–H groups in total. The summed E-state index contributed by atoms with van der Waals surface area (Å²) in [5.74, 6) is 2.52. The SMILES string of the molecule is O=C1Nc2ncc(C=CC(=O)N3CC=C(c4ccccc4)CCC3)cc2CN2CCSCC12. The van der Waals surface area contributed by atoms with Gasteiger partial charge in [0.25, 0.3) is 0 Å². The smallest absolute Gasteiger partial charge is 0.246 e. The van der Waals surface area contributed by atoms with Crippen LogP contribution in [0.25, 0.3) is 11.6 Å². The predicted octanol–water partition coefficient (Wildman–Crippen LogP) is 3.67. The zero-order valence-electron chi connectivity index (χ0n) is 18.6. The van der Waals surface area contributed by atoms with E-state index >= 15 is 0 Å². The molecule has 1 saturated heterocycles. The van der Waals surface area contributed by atoms with E-state index in [9.17, 15) is 9.59 Å². The second-order valence-electron chi connectivity index (χ2n) is 8.64. The summed E-state index contributed by atoms with van der Waals surface area (Å²) in [6.07, 6.45) is 9.30. The Kier molecular flexibility index (Phi) is 6.60. The molecular formula is C26H28N4O2S. The molecule has 0 aliphatic carbocycles. The Morgan fingerprint density at radius 1 is 1.21 bits per heavy atom. The van der Waals surface area contributed by atoms with Crippen molar-refractivity contribution < 1.29 is 9.59 Å². The van der Waals surface area contributed by atoms with E-state index in [1.54, 1.807) is 12.3 Å². The van der Waals surface area contributed by atoms with Crippen LogP contribution in [0.5, 0.6) is 0 Å². The van der Waals surface area contributed by atoms with Crippen LogP contribution in [-0.2, 0) is 16.1 Å². The van der Waals surface area contributed by atoms with E-state index in [0.29, 0.717) is 18.9 Å². The third kappa shape index (κ3) is 5.04. The minimum absolute atomic E-state index is 0.0110. The highest BCUT2D eigenvalue weighted by Gasteiger charge is 2.33. The van der Waals surface area contributed by atoms with Crippen LogP contribution < -0.4 is 5.32 Å². The third-order valence-corrected chi connectivity index (χ3v) is 7.47. The molecule has 1 atom stereocenters. The highest BCUT2D eigenvalue weighted by molar-refractivity contribution is 7.99. The number of amides is 2. The van der Waals surface area contributed by atoms with Gasteiger partial charge in [0.1, 0.15) is 5.82 Å². The fourth-order valence-electron chi connectivity index (χ4n) is 4.60. The Morgan fingerprint density at radius 2 is 2.09 bits per heavy atom. The maximum Gasteiger partial charge on any atom is 0.246 e. The molecule has 0 saturated carbocycles. The number of fused-ring (bicyclic) bond motifs is 2. The van der Waals surface area contributed by atoms with Crippen molar-refractivity contribution in [3.05, 3.63) is 71.4 Å². The maximum atomic E-state index is 12.9. The normalized spacial score (nSPS) is 21.5. The van der Waals surface area contributed by atoms with Gasteiger partial charge in [-0.15, -0.1) is 0 Å². The monoisotopic (exact) mass is 460 g/mol. The maximum absolute atomic E-state index is 12.9. The molecule has 2 amide bonds. The van der Waals surface area contributed by atoms with E-state index in [4.69, 9.17) is 0 Å². The molecule has 170 valence electrons. The summed E-state index contributed by atoms with van der Waals surface area (Å²) >= 11 is 1.82. The molecule has 33 heavy (non-hydrogen) atoms. The molecule has 7 heteroatoms. The molecule has 1 fully saturated rings. The van der Waals surface area contributed by atoms with Crippen LogP contribution in [0, 0.1) is 0 Å². The lowest BCUT2D eigenvalue weighted by molar-refractivity contribution is -0.125. The summed E-state index contributed by atoms with van der Waals surface area (Å²) in [7, 11) is 0. The second kappa shape index (κ2) is 9.93. The van der Waals surface area contributed by atoms with Gasteiger partial charge in [0.05, 0.1) is 6.04 Å². The van der Waals surface area contributed by atoms with Gasteiger partial charge < -0.3 is 10.2 Å². The Labute approximate surface area is 198 Å². The van der Waals surface area contributed by atoms with Crippen LogP contribution in [0.4, 0.5) is 5.82 Å². The van der Waals surface area contributed by atoms with Crippen molar-refractivity contribution in [2.75, 3.05) is 36.5 Å². The first-order valence-electron chi connectivity index (χ1n) is 11.5. The van der Waals surface area contributed by atoms with Crippen molar-refractivity contribution in [3.63, 3.8) is 0 Å². The number of carbonyl (C=O) groups excluding carboxylic acids is 2. The summed E-state index contributed by atoms with van der Waals surface area (Å²) in [6, 6.07) is 12.3. The van der Waals surface area contributed by atoms with Crippen molar-refractivity contribution >= 4 is 41.0 Å². The van der Waals surface area contributed by atoms with Gasteiger partial charge in [0, 0.05) is 55.5 Å². The molecule has 6 nitrogen and oxygen atoms in total. The largest absolute Gasteiger partial charge is 0.335 e. The van der Waals surface area contributed by atoms with E-state index in [2.05, 4.69) is 45.5 Å². The van der Waals surface area contributed by atoms with Crippen molar-refractivity contribution in [3.8, 4) is 0 Å². The number of hydrogen-bond donors (Lipinski definition) is 1. The first-order valence-corrected chi connectivity index (χ1v) is 12.7. The van der Waals surface area contributed by atoms with Gasteiger partial charge in [-0.25, -0.2) is 4.98 Å². The Hall–Kier alpha value is -2.90. The quantitative estimate of drug-likeness (QED) is 0.708. The van der Waals surface area contributed by atoms with E-state index in [0.717, 1.165) is 48.6 Å². The van der Waals surface area contributed by atoms with Gasteiger partial charge >= 0.3 is 0 Å². The molecule has 1 unspecified atom stereocenters. The van der Waals surface area contributed by atoms with E-state index < -0.39 is 0 Å². The number of nitrogens with zero attached hydrogens (tertiary/aromatic N) is 3. The molecule has 5 rings (SSSR count). The highest BCUT2D eigenvalue weighted by Crippen LogP contribution is 2.27. The summed E-state index contributed by atoms with van der Waals surface area (Å²) < 4.78 is 0. The lowest BCUT2D eigenvalue weighted by Gasteiger charge is -2.31. The topological polar surface area (TPSA) is 65.5 Å². The summed E-state index contributed by atoms with van der Waals surface area (Å²) in [6.45, 7) is 2.96. The fourth-order valence-corrected chi connectivity index (χ4v) is 5.72. The van der Waals surface area contributed by atoms with Crippen molar-refractivity contribution in [2.24, 2.45) is 0 Å². The third-order valence-electron chi connectivity index (χ3n) is 6.45. The summed E-state index contributed by atoms with van der Waals surface area (Å²) in [4.78, 5) is 34.0. The van der Waals surface area contributed by atoms with Gasteiger partial charge in [-0.2, -0.15) is 11.8 Å². The molecule has 3 aliphatic rings. The number of nitrogens with one attached hydrogen (secondary N) is 1. The van der Waals surface area contributed by atoms with Gasteiger partial charge in [0.15, 0.2) is 0 Å². The fraction of sp³-hybridized carbons (Fsp3) is 0.346. The zero-order valence-corrected chi connectivity index (χ0v) is 19.4. The predicted molar refractivity (Wildman–Crippen MR) is 134 cm³/mol. The lowest BCUT2D eigenvalue weighted by Crippen LogP contribution is -2.47. The van der Waals surface area contributed by atoms with Crippen LogP contribution in [0.3, 0.4) is 0 Å². The molecule has 0 bridgehead atoms. The van der Waals surface area contributed by atoms with Crippen molar-refractivity contribution in [1.29, 1.82) is 0 Å². The molecular weight excluding hydrogens is 432 g/mol. The highest BCUT2D eigenvalue weighted by atomic mass is 32.2. The molecule has 0 spiro atoms. The van der Waals surface area contributed by atoms with Crippen LogP contribution >= 0.6 is 11.8 Å². The van der Waals surface area contributed by atoms with Gasteiger partial charge in [-0.3, -0.25) is 14.5 Å². The van der Waals surface area contributed by atoms with Crippen molar-refractivity contribution in [1.82, 2.24) is 14.8 Å². The number of carbonyl (C=O) groups is 2. The molecule has 3 aliphatic heterocycles. The minimum Gasteiger partial charge on any atom is -0.335 e. The van der Waals surface area contributed by atoms with E-state index in [1.165, 1.54) is 11.1 Å². The number of allylic oxidation sites excluding steroid dienone is 1. The average molecular weight is 461 g/mol. The number of rotatable bonds is 3. The molecule has 0 radical (unpaired) electrons. The number of anilines is 1.